The van der Waals surface area contributed by atoms with E-state index < -0.39 is 4.92 Å². The fourth-order valence-electron chi connectivity index (χ4n) is 3.14. The number of non-ortho nitro benzene ring substituents is 1. The lowest BCUT2D eigenvalue weighted by atomic mass is 10.1. The standard InChI is InChI=1S/C18H20N2O4S/c21-17(18-7-3-11-25-18)13-14-5-2-8-19(14)9-10-24-16-6-1-4-15(12-16)20(22)23/h1,3-4,6-7,11-12,14H,2,5,8-10,13H2. The SMILES string of the molecule is O=C(CC1CCCN1CCOc1cccc([N+](=O)[O-])c1)c1cccs1. The quantitative estimate of drug-likeness (QED) is 0.407. The Morgan fingerprint density at radius 1 is 1.36 bits per heavy atom. The minimum Gasteiger partial charge on any atom is -0.492 e. The third kappa shape index (κ3) is 4.64. The molecule has 1 unspecified atom stereocenters. The highest BCUT2D eigenvalue weighted by Crippen LogP contribution is 2.23. The van der Waals surface area contributed by atoms with Crippen LogP contribution in [0, 0.1) is 10.1 Å². The Balaban J connectivity index is 1.49. The van der Waals surface area contributed by atoms with Crippen molar-refractivity contribution in [3.8, 4) is 5.75 Å². The van der Waals surface area contributed by atoms with Crippen LogP contribution in [0.25, 0.3) is 0 Å². The molecule has 3 rings (SSSR count). The van der Waals surface area contributed by atoms with Crippen LogP contribution < -0.4 is 4.74 Å². The van der Waals surface area contributed by atoms with Crippen LogP contribution in [0.4, 0.5) is 5.69 Å². The van der Waals surface area contributed by atoms with Gasteiger partial charge in [-0.2, -0.15) is 0 Å². The Morgan fingerprint density at radius 2 is 2.24 bits per heavy atom. The lowest BCUT2D eigenvalue weighted by Gasteiger charge is -2.23. The smallest absolute Gasteiger partial charge is 0.273 e. The number of hydrogen-bond acceptors (Lipinski definition) is 6. The van der Waals surface area contributed by atoms with Crippen molar-refractivity contribution in [3.05, 3.63) is 56.8 Å². The van der Waals surface area contributed by atoms with Crippen LogP contribution in [0.5, 0.6) is 5.75 Å². The molecular weight excluding hydrogens is 340 g/mol. The molecule has 0 aliphatic carbocycles. The summed E-state index contributed by atoms with van der Waals surface area (Å²) in [5, 5.41) is 12.7. The molecule has 25 heavy (non-hydrogen) atoms. The van der Waals surface area contributed by atoms with E-state index >= 15 is 0 Å². The number of Topliss-reactive ketones (excluding diaryl/α,β-unsaturated/α-hetero) is 1. The van der Waals surface area contributed by atoms with Crippen molar-refractivity contribution >= 4 is 22.8 Å². The number of rotatable bonds is 8. The third-order valence-corrected chi connectivity index (χ3v) is 5.30. The van der Waals surface area contributed by atoms with E-state index in [0.717, 1.165) is 24.3 Å². The molecule has 1 aromatic heterocycles. The van der Waals surface area contributed by atoms with Crippen LogP contribution in [0.3, 0.4) is 0 Å². The van der Waals surface area contributed by atoms with E-state index in [0.29, 0.717) is 25.3 Å². The van der Waals surface area contributed by atoms with Gasteiger partial charge in [-0.3, -0.25) is 19.8 Å². The first kappa shape index (κ1) is 17.6. The Morgan fingerprint density at radius 3 is 3.00 bits per heavy atom. The first-order valence-corrected chi connectivity index (χ1v) is 9.19. The van der Waals surface area contributed by atoms with Crippen molar-refractivity contribution in [2.75, 3.05) is 19.7 Å². The summed E-state index contributed by atoms with van der Waals surface area (Å²) in [4.78, 5) is 25.8. The molecule has 0 spiro atoms. The lowest BCUT2D eigenvalue weighted by molar-refractivity contribution is -0.384. The molecule has 6 nitrogen and oxygen atoms in total. The van der Waals surface area contributed by atoms with Gasteiger partial charge in [-0.1, -0.05) is 12.1 Å². The van der Waals surface area contributed by atoms with Crippen molar-refractivity contribution < 1.29 is 14.5 Å². The van der Waals surface area contributed by atoms with Gasteiger partial charge in [-0.25, -0.2) is 0 Å². The summed E-state index contributed by atoms with van der Waals surface area (Å²) in [5.74, 6) is 0.700. The summed E-state index contributed by atoms with van der Waals surface area (Å²) >= 11 is 1.49. The Labute approximate surface area is 150 Å². The van der Waals surface area contributed by atoms with Crippen molar-refractivity contribution in [2.24, 2.45) is 0 Å². The van der Waals surface area contributed by atoms with Crippen molar-refractivity contribution in [3.63, 3.8) is 0 Å². The Bertz CT molecular complexity index is 732. The number of nitrogens with zero attached hydrogens (tertiary/aromatic N) is 2. The molecule has 7 heteroatoms. The largest absolute Gasteiger partial charge is 0.492 e. The first-order chi connectivity index (χ1) is 12.1. The minimum atomic E-state index is -0.431. The number of carbonyl (C=O) groups is 1. The topological polar surface area (TPSA) is 72.7 Å². The van der Waals surface area contributed by atoms with Crippen LogP contribution >= 0.6 is 11.3 Å². The Hall–Kier alpha value is -2.25. The molecule has 1 saturated heterocycles. The molecule has 0 amide bonds. The summed E-state index contributed by atoms with van der Waals surface area (Å²) in [6.07, 6.45) is 2.64. The number of ether oxygens (including phenoxy) is 1. The van der Waals surface area contributed by atoms with E-state index in [1.807, 2.05) is 17.5 Å². The van der Waals surface area contributed by atoms with Crippen molar-refractivity contribution in [1.82, 2.24) is 4.90 Å². The lowest BCUT2D eigenvalue weighted by Crippen LogP contribution is -2.34. The highest BCUT2D eigenvalue weighted by atomic mass is 32.1. The van der Waals surface area contributed by atoms with Gasteiger partial charge in [0.15, 0.2) is 5.78 Å². The van der Waals surface area contributed by atoms with Crippen molar-refractivity contribution in [1.29, 1.82) is 0 Å². The van der Waals surface area contributed by atoms with Gasteiger partial charge in [0.2, 0.25) is 0 Å². The van der Waals surface area contributed by atoms with Crippen LogP contribution in [-0.4, -0.2) is 41.3 Å². The highest BCUT2D eigenvalue weighted by Gasteiger charge is 2.27. The maximum absolute atomic E-state index is 12.3. The van der Waals surface area contributed by atoms with E-state index in [-0.39, 0.29) is 17.5 Å². The van der Waals surface area contributed by atoms with Gasteiger partial charge in [-0.05, 0) is 36.9 Å². The average Bonchev–Trinajstić information content (AvgIpc) is 3.27. The van der Waals surface area contributed by atoms with Gasteiger partial charge in [-0.15, -0.1) is 11.3 Å². The molecule has 2 heterocycles. The van der Waals surface area contributed by atoms with E-state index in [4.69, 9.17) is 4.74 Å². The zero-order chi connectivity index (χ0) is 17.6. The maximum atomic E-state index is 12.3. The van der Waals surface area contributed by atoms with E-state index in [1.54, 1.807) is 12.1 Å². The number of carbonyl (C=O) groups excluding carboxylic acids is 1. The molecule has 1 aromatic carbocycles. The summed E-state index contributed by atoms with van der Waals surface area (Å²) in [5.41, 5.74) is 0.0260. The summed E-state index contributed by atoms with van der Waals surface area (Å²) in [6.45, 7) is 2.12. The zero-order valence-electron chi connectivity index (χ0n) is 13.8. The van der Waals surface area contributed by atoms with Gasteiger partial charge < -0.3 is 4.74 Å². The molecule has 0 N–H and O–H groups in total. The van der Waals surface area contributed by atoms with Gasteiger partial charge in [0, 0.05) is 25.1 Å². The molecule has 1 aliphatic heterocycles. The number of likely N-dealkylation sites (tertiary alicyclic amines) is 1. The highest BCUT2D eigenvalue weighted by molar-refractivity contribution is 7.12. The second-order valence-electron chi connectivity index (χ2n) is 6.04. The molecule has 0 saturated carbocycles. The molecular formula is C18H20N2O4S. The summed E-state index contributed by atoms with van der Waals surface area (Å²) in [6, 6.07) is 10.2. The molecule has 0 bridgehead atoms. The predicted octanol–water partition coefficient (Wildman–Crippen LogP) is 3.77. The zero-order valence-corrected chi connectivity index (χ0v) is 14.6. The summed E-state index contributed by atoms with van der Waals surface area (Å²) in [7, 11) is 0. The predicted molar refractivity (Wildman–Crippen MR) is 96.5 cm³/mol. The molecule has 2 aromatic rings. The number of thiophene rings is 1. The Kier molecular flexibility index (Phi) is 5.78. The second kappa shape index (κ2) is 8.22. The van der Waals surface area contributed by atoms with Crippen LogP contribution in [0.2, 0.25) is 0 Å². The van der Waals surface area contributed by atoms with Gasteiger partial charge in [0.1, 0.15) is 12.4 Å². The molecule has 1 aliphatic rings. The number of nitro benzene ring substituents is 1. The number of nitro groups is 1. The van der Waals surface area contributed by atoms with E-state index in [9.17, 15) is 14.9 Å². The molecule has 0 radical (unpaired) electrons. The maximum Gasteiger partial charge on any atom is 0.273 e. The van der Waals surface area contributed by atoms with E-state index in [1.165, 1.54) is 23.5 Å². The fourth-order valence-corrected chi connectivity index (χ4v) is 3.82. The van der Waals surface area contributed by atoms with Crippen molar-refractivity contribution in [2.45, 2.75) is 25.3 Å². The molecule has 132 valence electrons. The van der Waals surface area contributed by atoms with E-state index in [2.05, 4.69) is 4.90 Å². The van der Waals surface area contributed by atoms with Gasteiger partial charge in [0.25, 0.3) is 5.69 Å². The normalized spacial score (nSPS) is 17.5. The summed E-state index contributed by atoms with van der Waals surface area (Å²) < 4.78 is 5.66. The van der Waals surface area contributed by atoms with Gasteiger partial charge in [0.05, 0.1) is 15.9 Å². The molecule has 1 fully saturated rings. The second-order valence-corrected chi connectivity index (χ2v) is 6.99. The van der Waals surface area contributed by atoms with Gasteiger partial charge >= 0.3 is 0 Å². The first-order valence-electron chi connectivity index (χ1n) is 8.31. The van der Waals surface area contributed by atoms with Crippen LogP contribution in [0.15, 0.2) is 41.8 Å². The fraction of sp³-hybridized carbons (Fsp3) is 0.389. The monoisotopic (exact) mass is 360 g/mol. The number of ketones is 1. The average molecular weight is 360 g/mol. The number of benzene rings is 1. The van der Waals surface area contributed by atoms with Crippen LogP contribution in [-0.2, 0) is 0 Å². The molecule has 1 atom stereocenters. The third-order valence-electron chi connectivity index (χ3n) is 4.39. The van der Waals surface area contributed by atoms with Crippen LogP contribution in [0.1, 0.15) is 28.9 Å². The minimum absolute atomic E-state index is 0.0260. The number of hydrogen-bond donors (Lipinski definition) is 0.